The fourth-order valence-corrected chi connectivity index (χ4v) is 3.29. The Morgan fingerprint density at radius 2 is 1.79 bits per heavy atom. The van der Waals surface area contributed by atoms with Gasteiger partial charge in [-0.2, -0.15) is 0 Å². The minimum Gasteiger partial charge on any atom is -0.350 e. The van der Waals surface area contributed by atoms with Gasteiger partial charge in [0.1, 0.15) is 11.0 Å². The van der Waals surface area contributed by atoms with E-state index in [2.05, 4.69) is 36.7 Å². The summed E-state index contributed by atoms with van der Waals surface area (Å²) in [6, 6.07) is 0. The molecular weight excluding hydrogens is 326 g/mol. The zero-order valence-corrected chi connectivity index (χ0v) is 14.4. The first-order valence-corrected chi connectivity index (χ1v) is 8.57. The number of piperazine rings is 1. The molecule has 2 aliphatic rings. The molecule has 0 aliphatic carbocycles. The van der Waals surface area contributed by atoms with Crippen LogP contribution in [0.5, 0.6) is 0 Å². The fraction of sp³-hybridized carbons (Fsp3) is 0.500. The molecule has 1 fully saturated rings. The number of rotatable bonds is 2. The van der Waals surface area contributed by atoms with Gasteiger partial charge in [0, 0.05) is 57.4 Å². The predicted molar refractivity (Wildman–Crippen MR) is 93.5 cm³/mol. The van der Waals surface area contributed by atoms with Crippen LogP contribution in [-0.4, -0.2) is 64.6 Å². The van der Waals surface area contributed by atoms with Gasteiger partial charge < -0.3 is 14.7 Å². The van der Waals surface area contributed by atoms with Crippen LogP contribution in [0.1, 0.15) is 11.3 Å². The first-order chi connectivity index (χ1) is 11.7. The molecule has 4 rings (SSSR count). The minimum absolute atomic E-state index is 0.417. The maximum absolute atomic E-state index is 5.95. The van der Waals surface area contributed by atoms with Crippen molar-refractivity contribution in [2.24, 2.45) is 0 Å². The number of likely N-dealkylation sites (N-methyl/N-ethyl adjacent to an activating group) is 1. The van der Waals surface area contributed by atoms with Gasteiger partial charge in [-0.25, -0.2) is 15.0 Å². The molecule has 0 spiro atoms. The van der Waals surface area contributed by atoms with Crippen LogP contribution in [0.3, 0.4) is 0 Å². The molecule has 2 aromatic rings. The Bertz CT molecular complexity index is 730. The van der Waals surface area contributed by atoms with Gasteiger partial charge in [-0.15, -0.1) is 0 Å². The zero-order chi connectivity index (χ0) is 16.5. The van der Waals surface area contributed by atoms with Crippen LogP contribution in [0.15, 0.2) is 18.6 Å². The Kier molecular flexibility index (Phi) is 4.20. The number of hydrogen-bond donors (Lipinski definition) is 0. The summed E-state index contributed by atoms with van der Waals surface area (Å²) in [7, 11) is 2.15. The van der Waals surface area contributed by atoms with Crippen molar-refractivity contribution in [2.75, 3.05) is 49.6 Å². The van der Waals surface area contributed by atoms with Crippen molar-refractivity contribution < 1.29 is 0 Å². The highest BCUT2D eigenvalue weighted by Gasteiger charge is 2.22. The fourth-order valence-electron chi connectivity index (χ4n) is 3.14. The van der Waals surface area contributed by atoms with Gasteiger partial charge in [-0.1, -0.05) is 11.6 Å². The summed E-state index contributed by atoms with van der Waals surface area (Å²) in [5, 5.41) is 0.417. The van der Waals surface area contributed by atoms with E-state index >= 15 is 0 Å². The van der Waals surface area contributed by atoms with Crippen molar-refractivity contribution in [3.05, 3.63) is 35.0 Å². The lowest BCUT2D eigenvalue weighted by molar-refractivity contribution is 0.311. The molecule has 24 heavy (non-hydrogen) atoms. The summed E-state index contributed by atoms with van der Waals surface area (Å²) in [5.74, 6) is 1.66. The number of nitrogens with zero attached hydrogens (tertiary/aromatic N) is 7. The number of aromatic nitrogens is 4. The highest BCUT2D eigenvalue weighted by Crippen LogP contribution is 2.23. The lowest BCUT2D eigenvalue weighted by atomic mass is 10.1. The highest BCUT2D eigenvalue weighted by atomic mass is 35.5. The smallest absolute Gasteiger partial charge is 0.225 e. The Morgan fingerprint density at radius 3 is 2.58 bits per heavy atom. The number of fused-ring (bicyclic) bond motifs is 1. The third-order valence-electron chi connectivity index (χ3n) is 4.62. The molecule has 0 aromatic carbocycles. The normalized spacial score (nSPS) is 18.6. The first-order valence-electron chi connectivity index (χ1n) is 8.20. The van der Waals surface area contributed by atoms with Gasteiger partial charge in [-0.3, -0.25) is 4.98 Å². The van der Waals surface area contributed by atoms with Crippen LogP contribution in [-0.2, 0) is 13.0 Å². The third-order valence-corrected chi connectivity index (χ3v) is 4.81. The van der Waals surface area contributed by atoms with Gasteiger partial charge in [0.05, 0.1) is 18.1 Å². The van der Waals surface area contributed by atoms with Gasteiger partial charge in [0.15, 0.2) is 0 Å². The molecule has 0 unspecified atom stereocenters. The van der Waals surface area contributed by atoms with Crippen LogP contribution in [0.4, 0.5) is 11.8 Å². The van der Waals surface area contributed by atoms with Crippen LogP contribution in [0.25, 0.3) is 0 Å². The van der Waals surface area contributed by atoms with E-state index in [-0.39, 0.29) is 0 Å². The number of hydrogen-bond acceptors (Lipinski definition) is 7. The van der Waals surface area contributed by atoms with Crippen molar-refractivity contribution >= 4 is 23.4 Å². The van der Waals surface area contributed by atoms with Crippen molar-refractivity contribution in [3.63, 3.8) is 0 Å². The molecule has 7 nitrogen and oxygen atoms in total. The van der Waals surface area contributed by atoms with E-state index < -0.39 is 0 Å². The maximum Gasteiger partial charge on any atom is 0.225 e. The second-order valence-electron chi connectivity index (χ2n) is 6.30. The van der Waals surface area contributed by atoms with Gasteiger partial charge in [-0.05, 0) is 7.05 Å². The van der Waals surface area contributed by atoms with Crippen molar-refractivity contribution in [1.29, 1.82) is 0 Å². The molecule has 0 saturated carbocycles. The molecule has 2 aromatic heterocycles. The Morgan fingerprint density at radius 1 is 0.958 bits per heavy atom. The van der Waals surface area contributed by atoms with Crippen molar-refractivity contribution in [2.45, 2.75) is 13.0 Å². The average Bonchev–Trinajstić information content (AvgIpc) is 2.61. The van der Waals surface area contributed by atoms with E-state index in [1.807, 2.05) is 6.20 Å². The maximum atomic E-state index is 5.95. The van der Waals surface area contributed by atoms with Crippen molar-refractivity contribution in [1.82, 2.24) is 24.8 Å². The number of halogens is 1. The highest BCUT2D eigenvalue weighted by molar-refractivity contribution is 6.29. The van der Waals surface area contributed by atoms with E-state index in [1.54, 1.807) is 12.4 Å². The minimum atomic E-state index is 0.417. The molecule has 0 atom stereocenters. The standard InChI is InChI=1S/C16H20ClN7/c1-22-4-6-23(7-5-22)16-19-8-12-11-24(3-2-13(12)20-16)15-10-18-9-14(17)21-15/h8-10H,2-7,11H2,1H3. The quantitative estimate of drug-likeness (QED) is 0.811. The summed E-state index contributed by atoms with van der Waals surface area (Å²) >= 11 is 5.95. The van der Waals surface area contributed by atoms with Gasteiger partial charge in [0.2, 0.25) is 5.95 Å². The molecule has 0 radical (unpaired) electrons. The van der Waals surface area contributed by atoms with Crippen LogP contribution in [0, 0.1) is 0 Å². The van der Waals surface area contributed by atoms with E-state index in [4.69, 9.17) is 16.6 Å². The second kappa shape index (κ2) is 6.49. The van der Waals surface area contributed by atoms with E-state index in [1.165, 1.54) is 0 Å². The summed E-state index contributed by atoms with van der Waals surface area (Å²) in [5.41, 5.74) is 2.30. The predicted octanol–water partition coefficient (Wildman–Crippen LogP) is 1.23. The largest absolute Gasteiger partial charge is 0.350 e. The SMILES string of the molecule is CN1CCN(c2ncc3c(n2)CCN(c2cncc(Cl)n2)C3)CC1. The van der Waals surface area contributed by atoms with E-state index in [0.717, 1.165) is 68.7 Å². The topological polar surface area (TPSA) is 61.3 Å². The third kappa shape index (κ3) is 3.14. The molecule has 8 heteroatoms. The average molecular weight is 346 g/mol. The zero-order valence-electron chi connectivity index (χ0n) is 13.7. The molecule has 2 aliphatic heterocycles. The van der Waals surface area contributed by atoms with Gasteiger partial charge in [0.25, 0.3) is 0 Å². The van der Waals surface area contributed by atoms with E-state index in [0.29, 0.717) is 5.15 Å². The molecule has 0 bridgehead atoms. The molecule has 126 valence electrons. The first kappa shape index (κ1) is 15.5. The molecule has 1 saturated heterocycles. The summed E-state index contributed by atoms with van der Waals surface area (Å²) in [4.78, 5) is 24.6. The van der Waals surface area contributed by atoms with Crippen LogP contribution >= 0.6 is 11.6 Å². The second-order valence-corrected chi connectivity index (χ2v) is 6.69. The van der Waals surface area contributed by atoms with Crippen LogP contribution in [0.2, 0.25) is 5.15 Å². The molecular formula is C16H20ClN7. The Labute approximate surface area is 146 Å². The molecule has 0 amide bonds. The van der Waals surface area contributed by atoms with Gasteiger partial charge >= 0.3 is 0 Å². The van der Waals surface area contributed by atoms with Crippen LogP contribution < -0.4 is 9.80 Å². The monoisotopic (exact) mass is 345 g/mol. The lowest BCUT2D eigenvalue weighted by Gasteiger charge is -2.33. The van der Waals surface area contributed by atoms with Crippen molar-refractivity contribution in [3.8, 4) is 0 Å². The summed E-state index contributed by atoms with van der Waals surface area (Å²) in [6.45, 7) is 5.69. The number of anilines is 2. The Balaban J connectivity index is 1.51. The molecule has 0 N–H and O–H groups in total. The lowest BCUT2D eigenvalue weighted by Crippen LogP contribution is -2.45. The molecule has 4 heterocycles. The summed E-state index contributed by atoms with van der Waals surface area (Å²) < 4.78 is 0. The Hall–Kier alpha value is -1.99. The van der Waals surface area contributed by atoms with E-state index in [9.17, 15) is 0 Å². The summed E-state index contributed by atoms with van der Waals surface area (Å²) in [6.07, 6.45) is 6.14.